The first kappa shape index (κ1) is 15.4. The highest BCUT2D eigenvalue weighted by Crippen LogP contribution is 2.47. The van der Waals surface area contributed by atoms with Crippen LogP contribution in [0, 0.1) is 0 Å². The van der Waals surface area contributed by atoms with Crippen LogP contribution in [-0.4, -0.2) is 18.0 Å². The van der Waals surface area contributed by atoms with Gasteiger partial charge in [0.05, 0.1) is 15.8 Å². The van der Waals surface area contributed by atoms with E-state index in [1.165, 1.54) is 0 Å². The number of ketones is 1. The van der Waals surface area contributed by atoms with Gasteiger partial charge in [0.15, 0.2) is 5.78 Å². The normalized spacial score (nSPS) is 22.6. The molecule has 0 bridgehead atoms. The third kappa shape index (κ3) is 2.14. The molecule has 2 aromatic rings. The number of nitrogens with zero attached hydrogens (tertiary/aromatic N) is 1. The lowest BCUT2D eigenvalue weighted by atomic mass is 9.71. The van der Waals surface area contributed by atoms with Crippen molar-refractivity contribution < 1.29 is 4.79 Å². The van der Waals surface area contributed by atoms with E-state index in [2.05, 4.69) is 15.9 Å². The summed E-state index contributed by atoms with van der Waals surface area (Å²) in [5.74, 6) is 0.0758. The van der Waals surface area contributed by atoms with E-state index < -0.39 is 5.41 Å². The fraction of sp³-hybridized carbons (Fsp3) is 0.222. The molecule has 0 radical (unpaired) electrons. The molecule has 116 valence electrons. The number of Topliss-reactive ketones (excluding diaryl/α,β-unsaturated/α-hetero) is 1. The Labute approximate surface area is 152 Å². The molecule has 0 unspecified atom stereocenters. The minimum atomic E-state index is -0.699. The van der Waals surface area contributed by atoms with Crippen LogP contribution in [0.15, 0.2) is 45.9 Å². The molecule has 1 heterocycles. The molecule has 0 aromatic heterocycles. The summed E-state index contributed by atoms with van der Waals surface area (Å²) in [4.78, 5) is 18.0. The van der Waals surface area contributed by atoms with Crippen molar-refractivity contribution in [3.63, 3.8) is 0 Å². The minimum absolute atomic E-state index is 0.0758. The predicted octanol–water partition coefficient (Wildman–Crippen LogP) is 5.47. The zero-order valence-corrected chi connectivity index (χ0v) is 15.2. The Hall–Kier alpha value is -1.16. The Bertz CT molecular complexity index is 860. The van der Waals surface area contributed by atoms with E-state index in [1.54, 1.807) is 12.1 Å². The molecule has 23 heavy (non-hydrogen) atoms. The topological polar surface area (TPSA) is 29.4 Å². The Kier molecular flexibility index (Phi) is 3.63. The van der Waals surface area contributed by atoms with Gasteiger partial charge in [0.2, 0.25) is 0 Å². The van der Waals surface area contributed by atoms with Gasteiger partial charge in [-0.2, -0.15) is 0 Å². The molecule has 1 aliphatic heterocycles. The number of halogens is 3. The molecule has 4 rings (SSSR count). The molecule has 2 aromatic carbocycles. The second kappa shape index (κ2) is 5.44. The first-order valence-corrected chi connectivity index (χ1v) is 8.94. The molecular weight excluding hydrogens is 397 g/mol. The van der Waals surface area contributed by atoms with Gasteiger partial charge in [-0.15, -0.1) is 0 Å². The average molecular weight is 409 g/mol. The van der Waals surface area contributed by atoms with E-state index >= 15 is 0 Å². The van der Waals surface area contributed by atoms with Gasteiger partial charge in [-0.25, -0.2) is 0 Å². The first-order chi connectivity index (χ1) is 11.0. The van der Waals surface area contributed by atoms with E-state index in [4.69, 9.17) is 28.2 Å². The van der Waals surface area contributed by atoms with Gasteiger partial charge in [0.25, 0.3) is 0 Å². The molecule has 1 atom stereocenters. The fourth-order valence-corrected chi connectivity index (χ4v) is 4.22. The number of hydrogen-bond donors (Lipinski definition) is 0. The van der Waals surface area contributed by atoms with Gasteiger partial charge in [-0.1, -0.05) is 51.3 Å². The van der Waals surface area contributed by atoms with Crippen LogP contribution in [0.5, 0.6) is 0 Å². The van der Waals surface area contributed by atoms with E-state index in [0.29, 0.717) is 15.6 Å². The number of carbonyl (C=O) groups excluding carboxylic acids is 1. The fourth-order valence-electron chi connectivity index (χ4n) is 3.63. The first-order valence-electron chi connectivity index (χ1n) is 7.39. The molecular formula is C18H12BrCl2NO. The summed E-state index contributed by atoms with van der Waals surface area (Å²) in [6.45, 7) is 0.737. The smallest absolute Gasteiger partial charge is 0.180 e. The van der Waals surface area contributed by atoms with Crippen LogP contribution in [-0.2, 0) is 5.41 Å². The van der Waals surface area contributed by atoms with Crippen molar-refractivity contribution in [1.29, 1.82) is 0 Å². The number of aliphatic imine (C=N–C) groups is 1. The number of hydrogen-bond acceptors (Lipinski definition) is 2. The van der Waals surface area contributed by atoms with Crippen LogP contribution >= 0.6 is 39.1 Å². The highest BCUT2D eigenvalue weighted by Gasteiger charge is 2.52. The van der Waals surface area contributed by atoms with Crippen LogP contribution in [0.3, 0.4) is 0 Å². The zero-order chi connectivity index (χ0) is 16.2. The molecule has 0 N–H and O–H groups in total. The standard InChI is InChI=1S/C18H12BrCl2NO/c19-11-4-2-10(3-5-11)18-6-1-7-22-16(18)12-8-14(20)15(21)9-13(12)17(18)23/h2-5,8-9H,1,6-7H2/t18-/m0/s1. The van der Waals surface area contributed by atoms with E-state index in [9.17, 15) is 4.79 Å². The van der Waals surface area contributed by atoms with Crippen LogP contribution in [0.1, 0.15) is 34.3 Å². The van der Waals surface area contributed by atoms with Gasteiger partial charge in [0.1, 0.15) is 5.41 Å². The van der Waals surface area contributed by atoms with Crippen molar-refractivity contribution in [3.8, 4) is 0 Å². The Morgan fingerprint density at radius 3 is 2.39 bits per heavy atom. The third-order valence-corrected chi connectivity index (χ3v) is 5.92. The van der Waals surface area contributed by atoms with Crippen molar-refractivity contribution >= 4 is 50.6 Å². The van der Waals surface area contributed by atoms with Crippen molar-refractivity contribution in [2.75, 3.05) is 6.54 Å². The molecule has 1 aliphatic carbocycles. The van der Waals surface area contributed by atoms with Crippen LogP contribution < -0.4 is 0 Å². The summed E-state index contributed by atoms with van der Waals surface area (Å²) >= 11 is 15.8. The van der Waals surface area contributed by atoms with Crippen molar-refractivity contribution in [1.82, 2.24) is 0 Å². The number of rotatable bonds is 1. The SMILES string of the molecule is O=C1c2cc(Cl)c(Cl)cc2C2=NCCC[C@@]12c1ccc(Br)cc1. The highest BCUT2D eigenvalue weighted by molar-refractivity contribution is 9.10. The zero-order valence-electron chi connectivity index (χ0n) is 12.1. The van der Waals surface area contributed by atoms with Crippen molar-refractivity contribution in [3.05, 3.63) is 67.6 Å². The summed E-state index contributed by atoms with van der Waals surface area (Å²) in [6, 6.07) is 11.4. The molecule has 0 spiro atoms. The second-order valence-corrected chi connectivity index (χ2v) is 7.62. The van der Waals surface area contributed by atoms with Gasteiger partial charge >= 0.3 is 0 Å². The van der Waals surface area contributed by atoms with Crippen molar-refractivity contribution in [2.24, 2.45) is 4.99 Å². The maximum Gasteiger partial charge on any atom is 0.180 e. The lowest BCUT2D eigenvalue weighted by Gasteiger charge is -2.32. The summed E-state index contributed by atoms with van der Waals surface area (Å²) in [5, 5.41) is 0.863. The number of fused-ring (bicyclic) bond motifs is 3. The van der Waals surface area contributed by atoms with Crippen LogP contribution in [0.4, 0.5) is 0 Å². The molecule has 0 saturated carbocycles. The van der Waals surface area contributed by atoms with E-state index in [0.717, 1.165) is 40.7 Å². The van der Waals surface area contributed by atoms with Crippen LogP contribution in [0.25, 0.3) is 0 Å². The Morgan fingerprint density at radius 1 is 1.04 bits per heavy atom. The van der Waals surface area contributed by atoms with Gasteiger partial charge in [0, 0.05) is 22.1 Å². The quantitative estimate of drug-likeness (QED) is 0.614. The lowest BCUT2D eigenvalue weighted by Crippen LogP contribution is -2.41. The third-order valence-electron chi connectivity index (χ3n) is 4.67. The molecule has 5 heteroatoms. The van der Waals surface area contributed by atoms with Gasteiger partial charge in [-0.3, -0.25) is 9.79 Å². The van der Waals surface area contributed by atoms with Crippen molar-refractivity contribution in [2.45, 2.75) is 18.3 Å². The van der Waals surface area contributed by atoms with Gasteiger partial charge in [-0.05, 0) is 42.7 Å². The summed E-state index contributed by atoms with van der Waals surface area (Å²) in [7, 11) is 0. The molecule has 2 nitrogen and oxygen atoms in total. The number of benzene rings is 2. The number of carbonyl (C=O) groups is 1. The maximum atomic E-state index is 13.3. The summed E-state index contributed by atoms with van der Waals surface area (Å²) < 4.78 is 0.987. The van der Waals surface area contributed by atoms with E-state index in [1.807, 2.05) is 24.3 Å². The predicted molar refractivity (Wildman–Crippen MR) is 97.3 cm³/mol. The minimum Gasteiger partial charge on any atom is -0.293 e. The summed E-state index contributed by atoms with van der Waals surface area (Å²) in [6.07, 6.45) is 1.65. The lowest BCUT2D eigenvalue weighted by molar-refractivity contribution is 0.0928. The van der Waals surface area contributed by atoms with Gasteiger partial charge < -0.3 is 0 Å². The Morgan fingerprint density at radius 2 is 1.70 bits per heavy atom. The molecule has 2 aliphatic rings. The highest BCUT2D eigenvalue weighted by atomic mass is 79.9. The average Bonchev–Trinajstić information content (AvgIpc) is 2.79. The van der Waals surface area contributed by atoms with Crippen LogP contribution in [0.2, 0.25) is 10.0 Å². The molecule has 0 amide bonds. The molecule has 0 saturated heterocycles. The maximum absolute atomic E-state index is 13.3. The Balaban J connectivity index is 1.99. The summed E-state index contributed by atoms with van der Waals surface area (Å²) in [5.41, 5.74) is 2.57. The van der Waals surface area contributed by atoms with E-state index in [-0.39, 0.29) is 5.78 Å². The largest absolute Gasteiger partial charge is 0.293 e. The monoisotopic (exact) mass is 407 g/mol. The molecule has 0 fully saturated rings. The second-order valence-electron chi connectivity index (χ2n) is 5.89.